The van der Waals surface area contributed by atoms with Crippen LogP contribution in [-0.2, 0) is 0 Å². The van der Waals surface area contributed by atoms with Gasteiger partial charge in [0.05, 0.1) is 17.1 Å². The first-order valence-electron chi connectivity index (χ1n) is 27.5. The molecule has 11 rings (SSSR count). The number of hydrogen-bond acceptors (Lipinski definition) is 12. The van der Waals surface area contributed by atoms with Crippen molar-refractivity contribution in [2.24, 2.45) is 5.92 Å². The predicted octanol–water partition coefficient (Wildman–Crippen LogP) is 11.2. The third kappa shape index (κ3) is 10.8. The van der Waals surface area contributed by atoms with Crippen molar-refractivity contribution in [1.29, 1.82) is 0 Å². The average molecular weight is 1130 g/mol. The van der Waals surface area contributed by atoms with E-state index in [1.807, 2.05) is 47.4 Å². The number of aromatic hydroxyl groups is 1. The van der Waals surface area contributed by atoms with E-state index in [1.165, 1.54) is 51.9 Å². The summed E-state index contributed by atoms with van der Waals surface area (Å²) in [6, 6.07) is 41.8. The Bertz CT molecular complexity index is 3960. The van der Waals surface area contributed by atoms with Crippen LogP contribution in [0.3, 0.4) is 0 Å². The van der Waals surface area contributed by atoms with Crippen LogP contribution in [0.1, 0.15) is 86.2 Å². The SMILES string of the molecule is CCN(CC)c1ccc2c(c1)OC1=CC(=[N+](CC)CC)C=CC1C2c1ccccc1C(=O)N1CCN(C(=O)c2ccccc2SSc2ccccc2C(=O)Nc2ccc(-c3c4ccc(=O)cc-4oc4cc(O)ccc34)c(C(=O)[O-])c2)CC1. The van der Waals surface area contributed by atoms with Crippen molar-refractivity contribution in [2.75, 3.05) is 62.6 Å². The number of carbonyl (C=O) groups is 4. The smallest absolute Gasteiger partial charge is 0.256 e. The molecule has 2 atom stereocenters. The Hall–Kier alpha value is -8.86. The molecular formula is C66H59N5O9S2. The lowest BCUT2D eigenvalue weighted by Crippen LogP contribution is -2.50. The maximum absolute atomic E-state index is 14.8. The van der Waals surface area contributed by atoms with Crippen molar-refractivity contribution >= 4 is 73.3 Å². The second kappa shape index (κ2) is 23.7. The summed E-state index contributed by atoms with van der Waals surface area (Å²) in [6.45, 7) is 13.4. The lowest BCUT2D eigenvalue weighted by Gasteiger charge is -2.38. The van der Waals surface area contributed by atoms with Crippen LogP contribution in [0.4, 0.5) is 11.4 Å². The Morgan fingerprint density at radius 1 is 0.695 bits per heavy atom. The van der Waals surface area contributed by atoms with Gasteiger partial charge in [-0.05, 0) is 112 Å². The number of anilines is 2. The fourth-order valence-electron chi connectivity index (χ4n) is 11.4. The number of nitrogens with zero attached hydrogens (tertiary/aromatic N) is 4. The summed E-state index contributed by atoms with van der Waals surface area (Å²) in [5.41, 5.74) is 6.63. The summed E-state index contributed by atoms with van der Waals surface area (Å²) in [5.74, 6) is -0.802. The van der Waals surface area contributed by atoms with Crippen LogP contribution in [-0.4, -0.2) is 101 Å². The first-order chi connectivity index (χ1) is 39.8. The fourth-order valence-corrected chi connectivity index (χ4v) is 13.7. The number of phenolic OH excluding ortho intramolecular Hbond substituents is 1. The monoisotopic (exact) mass is 1130 g/mol. The van der Waals surface area contributed by atoms with Crippen molar-refractivity contribution in [3.63, 3.8) is 0 Å². The highest BCUT2D eigenvalue weighted by Crippen LogP contribution is 2.50. The van der Waals surface area contributed by atoms with E-state index in [0.29, 0.717) is 69.2 Å². The van der Waals surface area contributed by atoms with Gasteiger partial charge < -0.3 is 44.2 Å². The van der Waals surface area contributed by atoms with Crippen LogP contribution in [0.15, 0.2) is 189 Å². The van der Waals surface area contributed by atoms with Crippen LogP contribution in [0.2, 0.25) is 0 Å². The number of piperazine rings is 1. The first-order valence-corrected chi connectivity index (χ1v) is 29.7. The van der Waals surface area contributed by atoms with Crippen LogP contribution in [0, 0.1) is 5.92 Å². The summed E-state index contributed by atoms with van der Waals surface area (Å²) in [5, 5.41) is 26.4. The quantitative estimate of drug-likeness (QED) is 0.0565. The van der Waals surface area contributed by atoms with Gasteiger partial charge in [-0.15, -0.1) is 0 Å². The zero-order valence-electron chi connectivity index (χ0n) is 45.7. The fraction of sp³-hybridized carbons (Fsp3) is 0.212. The molecule has 3 aliphatic heterocycles. The van der Waals surface area contributed by atoms with Gasteiger partial charge in [0.15, 0.2) is 5.43 Å². The lowest BCUT2D eigenvalue weighted by atomic mass is 9.74. The average Bonchev–Trinajstić information content (AvgIpc) is 1.72. The molecule has 2 unspecified atom stereocenters. The number of amides is 3. The van der Waals surface area contributed by atoms with E-state index < -0.39 is 11.9 Å². The topological polar surface area (TPSA) is 176 Å². The number of hydrogen-bond donors (Lipinski definition) is 2. The van der Waals surface area contributed by atoms with Gasteiger partial charge in [-0.1, -0.05) is 82.3 Å². The molecule has 0 radical (unpaired) electrons. The number of nitrogens with one attached hydrogen (secondary N) is 1. The van der Waals surface area contributed by atoms with Gasteiger partial charge in [0, 0.05) is 136 Å². The van der Waals surface area contributed by atoms with Crippen molar-refractivity contribution in [3.8, 4) is 33.9 Å². The Morgan fingerprint density at radius 2 is 1.34 bits per heavy atom. The van der Waals surface area contributed by atoms with Gasteiger partial charge in [0.1, 0.15) is 41.7 Å². The first kappa shape index (κ1) is 55.1. The molecule has 6 aromatic carbocycles. The third-order valence-electron chi connectivity index (χ3n) is 15.6. The number of phenols is 1. The van der Waals surface area contributed by atoms with Gasteiger partial charge in [-0.3, -0.25) is 19.2 Å². The van der Waals surface area contributed by atoms with E-state index in [4.69, 9.17) is 9.15 Å². The summed E-state index contributed by atoms with van der Waals surface area (Å²) < 4.78 is 15.1. The van der Waals surface area contributed by atoms with E-state index in [0.717, 1.165) is 60.2 Å². The van der Waals surface area contributed by atoms with E-state index in [2.05, 4.69) is 85.0 Å². The minimum atomic E-state index is -1.50. The molecule has 6 aromatic rings. The Balaban J connectivity index is 0.785. The highest BCUT2D eigenvalue weighted by molar-refractivity contribution is 8.76. The molecule has 0 aromatic heterocycles. The van der Waals surface area contributed by atoms with Crippen molar-refractivity contribution in [1.82, 2.24) is 9.80 Å². The van der Waals surface area contributed by atoms with E-state index >= 15 is 0 Å². The van der Waals surface area contributed by atoms with E-state index in [1.54, 1.807) is 53.4 Å². The molecule has 14 nitrogen and oxygen atoms in total. The van der Waals surface area contributed by atoms with Crippen molar-refractivity contribution in [3.05, 3.63) is 213 Å². The van der Waals surface area contributed by atoms with Crippen LogP contribution in [0.5, 0.6) is 11.5 Å². The number of ether oxygens (including phenoxy) is 1. The van der Waals surface area contributed by atoms with E-state index in [9.17, 15) is 34.2 Å². The molecule has 1 fully saturated rings. The van der Waals surface area contributed by atoms with E-state index in [-0.39, 0.29) is 63.0 Å². The second-order valence-corrected chi connectivity index (χ2v) is 22.4. The molecule has 1 saturated heterocycles. The standard InChI is InChI=1S/C66H59N5O9S2/c1-5-68(6-2)41-22-27-48-55(36-41)79-56-37-42(69(7-3)8-4)23-28-49(56)61(48)45-15-9-10-16-47(45)64(75)70-31-33-71(34-32-70)65(76)53-18-12-14-20-60(53)82-81-59-19-13-11-17-52(59)63(74)67-40-21-26-46(54(35-40)66(77)78)62-50-29-24-43(72)38-57(50)80-58-39-44(73)25-30-51(58)62/h9-30,35-39,48,61H,5-8,31-34H2,1-4H3,(H2-,67,72,73,74,77,78). The maximum atomic E-state index is 14.8. The highest BCUT2D eigenvalue weighted by atomic mass is 33.1. The highest BCUT2D eigenvalue weighted by Gasteiger charge is 2.40. The molecule has 0 saturated carbocycles. The molecular weight excluding hydrogens is 1070 g/mol. The Labute approximate surface area is 482 Å². The molecule has 414 valence electrons. The van der Waals surface area contributed by atoms with Gasteiger partial charge in [0.2, 0.25) is 5.71 Å². The van der Waals surface area contributed by atoms with Gasteiger partial charge >= 0.3 is 0 Å². The molecule has 3 heterocycles. The number of carboxylic acid groups (broad SMARTS) is 1. The van der Waals surface area contributed by atoms with Crippen LogP contribution in [0.25, 0.3) is 33.4 Å². The molecule has 16 heteroatoms. The molecule has 5 aliphatic rings. The van der Waals surface area contributed by atoms with Gasteiger partial charge in [0.25, 0.3) is 17.7 Å². The normalized spacial score (nSPS) is 15.6. The minimum absolute atomic E-state index is 0.0774. The summed E-state index contributed by atoms with van der Waals surface area (Å²) >= 11 is 0. The van der Waals surface area contributed by atoms with Crippen LogP contribution >= 0.6 is 21.6 Å². The number of fused-ring (bicyclic) bond motifs is 4. The zero-order valence-corrected chi connectivity index (χ0v) is 47.4. The second-order valence-electron chi connectivity index (χ2n) is 20.2. The molecule has 0 bridgehead atoms. The number of rotatable bonds is 15. The van der Waals surface area contributed by atoms with Crippen molar-refractivity contribution < 1.29 is 43.1 Å². The van der Waals surface area contributed by atoms with Crippen LogP contribution < -0.4 is 25.5 Å². The van der Waals surface area contributed by atoms with Crippen molar-refractivity contribution in [2.45, 2.75) is 43.4 Å². The van der Waals surface area contributed by atoms with Gasteiger partial charge in [-0.2, -0.15) is 0 Å². The summed E-state index contributed by atoms with van der Waals surface area (Å²) in [7, 11) is 2.65. The number of benzene rings is 7. The van der Waals surface area contributed by atoms with Gasteiger partial charge in [-0.25, -0.2) is 4.58 Å². The predicted molar refractivity (Wildman–Crippen MR) is 321 cm³/mol. The largest absolute Gasteiger partial charge is 0.545 e. The molecule has 0 spiro atoms. The Morgan fingerprint density at radius 3 is 2.04 bits per heavy atom. The number of aromatic carboxylic acids is 1. The summed E-state index contributed by atoms with van der Waals surface area (Å²) in [6.07, 6.45) is 6.56. The third-order valence-corrected chi connectivity index (χ3v) is 18.0. The maximum Gasteiger partial charge on any atom is 0.256 e. The number of carboxylic acids is 1. The molecule has 2 aliphatic carbocycles. The number of carbonyl (C=O) groups excluding carboxylic acids is 4. The molecule has 82 heavy (non-hydrogen) atoms. The lowest BCUT2D eigenvalue weighted by molar-refractivity contribution is -0.519. The zero-order chi connectivity index (χ0) is 57.2. The molecule has 3 amide bonds. The molecule has 2 N–H and O–H groups in total. The number of allylic oxidation sites excluding steroid dienone is 3. The summed E-state index contributed by atoms with van der Waals surface area (Å²) in [4.78, 5) is 75.8. The minimum Gasteiger partial charge on any atom is -0.545 e. The Kier molecular flexibility index (Phi) is 15.9.